The Morgan fingerprint density at radius 2 is 1.46 bits per heavy atom. The molecule has 132 valence electrons. The Morgan fingerprint density at radius 3 is 1.92 bits per heavy atom. The van der Waals surface area contributed by atoms with Gasteiger partial charge in [-0.25, -0.2) is 9.97 Å². The molecule has 0 amide bonds. The van der Waals surface area contributed by atoms with Crippen LogP contribution in [0.2, 0.25) is 0 Å². The maximum absolute atomic E-state index is 9.56. The Hall–Kier alpha value is -2.46. The molecule has 0 aliphatic carbocycles. The summed E-state index contributed by atoms with van der Waals surface area (Å²) in [5.74, 6) is 1.91. The first-order chi connectivity index (χ1) is 11.6. The second kappa shape index (κ2) is 8.41. The second-order valence-electron chi connectivity index (χ2n) is 5.13. The topological polar surface area (TPSA) is 140 Å². The van der Waals surface area contributed by atoms with E-state index in [1.165, 1.54) is 0 Å². The van der Waals surface area contributed by atoms with Crippen LogP contribution < -0.4 is 21.3 Å². The van der Waals surface area contributed by atoms with Crippen molar-refractivity contribution in [1.29, 1.82) is 0 Å². The van der Waals surface area contributed by atoms with Crippen molar-refractivity contribution in [2.24, 2.45) is 0 Å². The molecule has 0 aromatic carbocycles. The summed E-state index contributed by atoms with van der Waals surface area (Å²) in [5.41, 5.74) is 1.10. The van der Waals surface area contributed by atoms with Crippen LogP contribution in [0, 0.1) is 0 Å². The molecule has 6 N–H and O–H groups in total. The van der Waals surface area contributed by atoms with Crippen LogP contribution in [-0.4, -0.2) is 70.0 Å². The lowest BCUT2D eigenvalue weighted by Gasteiger charge is -2.15. The van der Waals surface area contributed by atoms with Crippen LogP contribution in [0.3, 0.4) is 0 Å². The van der Waals surface area contributed by atoms with E-state index in [1.54, 1.807) is 14.1 Å². The van der Waals surface area contributed by atoms with Crippen molar-refractivity contribution in [3.05, 3.63) is 0 Å². The maximum Gasteiger partial charge on any atom is 0.225 e. The van der Waals surface area contributed by atoms with E-state index in [0.717, 1.165) is 13.0 Å². The number of nitrogens with zero attached hydrogens (tertiary/aromatic N) is 4. The zero-order valence-corrected chi connectivity index (χ0v) is 14.1. The van der Waals surface area contributed by atoms with Gasteiger partial charge in [-0.05, 0) is 6.42 Å². The van der Waals surface area contributed by atoms with Crippen molar-refractivity contribution < 1.29 is 10.2 Å². The Morgan fingerprint density at radius 1 is 0.917 bits per heavy atom. The standard InChI is InChI=1S/C14H24N8O2/c1-4-5-17-11-9-10(20-13(15-2)21-11)12(18-6-8(24)7-23)22-14(16-3)19-9/h8,23-24H,4-7H2,1-3H3,(H2,15,17,20,21)(H2,16,18,19,22). The van der Waals surface area contributed by atoms with Crippen molar-refractivity contribution >= 4 is 34.6 Å². The summed E-state index contributed by atoms with van der Waals surface area (Å²) >= 11 is 0. The molecule has 2 rings (SSSR count). The van der Waals surface area contributed by atoms with Gasteiger partial charge in [0.15, 0.2) is 11.6 Å². The first-order valence-corrected chi connectivity index (χ1v) is 7.84. The van der Waals surface area contributed by atoms with Gasteiger partial charge in [-0.3, -0.25) is 0 Å². The molecule has 0 bridgehead atoms. The van der Waals surface area contributed by atoms with Crippen molar-refractivity contribution in [3.8, 4) is 0 Å². The molecular formula is C14H24N8O2. The van der Waals surface area contributed by atoms with Crippen molar-refractivity contribution in [1.82, 2.24) is 19.9 Å². The number of aliphatic hydroxyl groups excluding tert-OH is 2. The number of rotatable bonds is 9. The van der Waals surface area contributed by atoms with Gasteiger partial charge in [-0.1, -0.05) is 6.92 Å². The monoisotopic (exact) mass is 336 g/mol. The molecule has 1 atom stereocenters. The Bertz CT molecular complexity index is 681. The van der Waals surface area contributed by atoms with Gasteiger partial charge in [0.2, 0.25) is 11.9 Å². The first kappa shape index (κ1) is 17.9. The third-order valence-corrected chi connectivity index (χ3v) is 3.25. The molecule has 0 saturated carbocycles. The summed E-state index contributed by atoms with van der Waals surface area (Å²) in [4.78, 5) is 17.6. The van der Waals surface area contributed by atoms with Gasteiger partial charge < -0.3 is 31.5 Å². The van der Waals surface area contributed by atoms with E-state index in [2.05, 4.69) is 48.1 Å². The second-order valence-corrected chi connectivity index (χ2v) is 5.13. The molecule has 2 aromatic rings. The number of aliphatic hydroxyl groups is 2. The van der Waals surface area contributed by atoms with Gasteiger partial charge in [-0.2, -0.15) is 9.97 Å². The molecule has 0 saturated heterocycles. The lowest BCUT2D eigenvalue weighted by Crippen LogP contribution is -2.24. The number of fused-ring (bicyclic) bond motifs is 1. The van der Waals surface area contributed by atoms with Crippen molar-refractivity contribution in [2.45, 2.75) is 19.4 Å². The summed E-state index contributed by atoms with van der Waals surface area (Å²) < 4.78 is 0. The molecule has 24 heavy (non-hydrogen) atoms. The normalized spacial score (nSPS) is 12.0. The predicted molar refractivity (Wildman–Crippen MR) is 94.6 cm³/mol. The van der Waals surface area contributed by atoms with E-state index >= 15 is 0 Å². The maximum atomic E-state index is 9.56. The van der Waals surface area contributed by atoms with Gasteiger partial charge in [0, 0.05) is 27.2 Å². The van der Waals surface area contributed by atoms with E-state index < -0.39 is 6.10 Å². The van der Waals surface area contributed by atoms with E-state index in [4.69, 9.17) is 5.11 Å². The Kier molecular flexibility index (Phi) is 6.27. The van der Waals surface area contributed by atoms with Crippen LogP contribution in [0.15, 0.2) is 0 Å². The molecular weight excluding hydrogens is 312 g/mol. The van der Waals surface area contributed by atoms with Crippen LogP contribution >= 0.6 is 0 Å². The van der Waals surface area contributed by atoms with Gasteiger partial charge in [0.05, 0.1) is 12.7 Å². The van der Waals surface area contributed by atoms with Crippen LogP contribution in [0.4, 0.5) is 23.5 Å². The minimum Gasteiger partial charge on any atom is -0.394 e. The fourth-order valence-corrected chi connectivity index (χ4v) is 2.01. The summed E-state index contributed by atoms with van der Waals surface area (Å²) in [6, 6.07) is 0. The quantitative estimate of drug-likeness (QED) is 0.373. The lowest BCUT2D eigenvalue weighted by atomic mass is 10.3. The zero-order chi connectivity index (χ0) is 17.5. The number of aromatic nitrogens is 4. The molecule has 0 spiro atoms. The SMILES string of the molecule is CCCNc1nc(NC)nc2c(NCC(O)CO)nc(NC)nc12. The largest absolute Gasteiger partial charge is 0.394 e. The summed E-state index contributed by atoms with van der Waals surface area (Å²) in [5, 5.41) is 30.6. The van der Waals surface area contributed by atoms with E-state index in [-0.39, 0.29) is 13.2 Å². The summed E-state index contributed by atoms with van der Waals surface area (Å²) in [7, 11) is 3.45. The number of hydrogen-bond donors (Lipinski definition) is 6. The highest BCUT2D eigenvalue weighted by atomic mass is 16.3. The molecule has 0 aliphatic heterocycles. The highest BCUT2D eigenvalue weighted by Crippen LogP contribution is 2.26. The minimum absolute atomic E-state index is 0.141. The third-order valence-electron chi connectivity index (χ3n) is 3.25. The molecule has 2 heterocycles. The average Bonchev–Trinajstić information content (AvgIpc) is 2.63. The molecule has 0 radical (unpaired) electrons. The number of hydrogen-bond acceptors (Lipinski definition) is 10. The zero-order valence-electron chi connectivity index (χ0n) is 14.1. The highest BCUT2D eigenvalue weighted by molar-refractivity contribution is 5.94. The first-order valence-electron chi connectivity index (χ1n) is 7.84. The lowest BCUT2D eigenvalue weighted by molar-refractivity contribution is 0.105. The van der Waals surface area contributed by atoms with E-state index in [1.807, 2.05) is 0 Å². The van der Waals surface area contributed by atoms with Gasteiger partial charge in [-0.15, -0.1) is 0 Å². The number of nitrogens with one attached hydrogen (secondary N) is 4. The molecule has 0 fully saturated rings. The fraction of sp³-hybridized carbons (Fsp3) is 0.571. The Labute approximate surface area is 140 Å². The fourth-order valence-electron chi connectivity index (χ4n) is 2.01. The third kappa shape index (κ3) is 4.09. The van der Waals surface area contributed by atoms with E-state index in [0.29, 0.717) is 34.6 Å². The number of anilines is 4. The van der Waals surface area contributed by atoms with Gasteiger partial charge >= 0.3 is 0 Å². The van der Waals surface area contributed by atoms with Crippen molar-refractivity contribution in [3.63, 3.8) is 0 Å². The van der Waals surface area contributed by atoms with Crippen LogP contribution in [0.1, 0.15) is 13.3 Å². The van der Waals surface area contributed by atoms with Crippen LogP contribution in [0.25, 0.3) is 11.0 Å². The Balaban J connectivity index is 2.53. The van der Waals surface area contributed by atoms with Crippen molar-refractivity contribution in [2.75, 3.05) is 55.1 Å². The molecule has 10 nitrogen and oxygen atoms in total. The minimum atomic E-state index is -0.892. The summed E-state index contributed by atoms with van der Waals surface area (Å²) in [6.45, 7) is 2.62. The predicted octanol–water partition coefficient (Wildman–Crippen LogP) is 0.0902. The van der Waals surface area contributed by atoms with Crippen LogP contribution in [-0.2, 0) is 0 Å². The van der Waals surface area contributed by atoms with Gasteiger partial charge in [0.1, 0.15) is 11.0 Å². The van der Waals surface area contributed by atoms with Gasteiger partial charge in [0.25, 0.3) is 0 Å². The van der Waals surface area contributed by atoms with E-state index in [9.17, 15) is 5.11 Å². The molecule has 10 heteroatoms. The summed E-state index contributed by atoms with van der Waals surface area (Å²) in [6.07, 6.45) is 0.0503. The highest BCUT2D eigenvalue weighted by Gasteiger charge is 2.16. The smallest absolute Gasteiger partial charge is 0.225 e. The van der Waals surface area contributed by atoms with Crippen LogP contribution in [0.5, 0.6) is 0 Å². The molecule has 1 unspecified atom stereocenters. The average molecular weight is 336 g/mol. The molecule has 0 aliphatic rings. The molecule has 2 aromatic heterocycles.